The second-order valence-electron chi connectivity index (χ2n) is 9.50. The Morgan fingerprint density at radius 3 is 2.34 bits per heavy atom. The van der Waals surface area contributed by atoms with Crippen LogP contribution in [-0.4, -0.2) is 30.2 Å². The first-order valence-electron chi connectivity index (χ1n) is 11.8. The molecule has 3 fully saturated rings. The maximum Gasteiger partial charge on any atom is 0.338 e. The maximum absolute atomic E-state index is 13.5. The van der Waals surface area contributed by atoms with Gasteiger partial charge in [-0.1, -0.05) is 36.4 Å². The Kier molecular flexibility index (Phi) is 5.37. The van der Waals surface area contributed by atoms with Crippen molar-refractivity contribution in [1.29, 1.82) is 0 Å². The number of thiophene rings is 1. The highest BCUT2D eigenvalue weighted by atomic mass is 32.1. The lowest BCUT2D eigenvalue weighted by molar-refractivity contribution is -0.123. The van der Waals surface area contributed by atoms with Gasteiger partial charge in [-0.3, -0.25) is 19.3 Å². The van der Waals surface area contributed by atoms with Crippen molar-refractivity contribution in [1.82, 2.24) is 0 Å². The van der Waals surface area contributed by atoms with E-state index in [2.05, 4.69) is 12.1 Å². The second kappa shape index (κ2) is 8.57. The van der Waals surface area contributed by atoms with Crippen LogP contribution in [0.25, 0.3) is 0 Å². The lowest BCUT2D eigenvalue weighted by Gasteiger charge is -2.28. The van der Waals surface area contributed by atoms with Crippen molar-refractivity contribution < 1.29 is 23.9 Å². The molecule has 1 saturated heterocycles. The zero-order valence-electron chi connectivity index (χ0n) is 18.8. The van der Waals surface area contributed by atoms with E-state index in [1.807, 2.05) is 18.2 Å². The minimum atomic E-state index is -0.624. The lowest BCUT2D eigenvalue weighted by atomic mass is 9.73. The largest absolute Gasteiger partial charge is 0.454 e. The van der Waals surface area contributed by atoms with E-state index in [1.54, 1.807) is 29.6 Å². The molecule has 2 aliphatic carbocycles. The van der Waals surface area contributed by atoms with Crippen LogP contribution in [0.5, 0.6) is 0 Å². The lowest BCUT2D eigenvalue weighted by Crippen LogP contribution is -2.33. The number of hydrogen-bond donors (Lipinski definition) is 0. The Labute approximate surface area is 206 Å². The van der Waals surface area contributed by atoms with Crippen molar-refractivity contribution in [3.05, 3.63) is 88.1 Å². The number of carbonyl (C=O) groups excluding carboxylic acids is 4. The minimum Gasteiger partial charge on any atom is -0.454 e. The Bertz CT molecular complexity index is 1300. The summed E-state index contributed by atoms with van der Waals surface area (Å²) in [5.74, 6) is -0.945. The van der Waals surface area contributed by atoms with Gasteiger partial charge >= 0.3 is 5.97 Å². The topological polar surface area (TPSA) is 80.8 Å². The number of Topliss-reactive ketones (excluding diaryl/α,β-unsaturated/α-hetero) is 1. The van der Waals surface area contributed by atoms with Crippen LogP contribution in [0.2, 0.25) is 0 Å². The van der Waals surface area contributed by atoms with E-state index in [0.717, 1.165) is 12.8 Å². The summed E-state index contributed by atoms with van der Waals surface area (Å²) in [6.45, 7) is -0.334. The number of carbonyl (C=O) groups is 4. The second-order valence-corrected chi connectivity index (χ2v) is 10.4. The first kappa shape index (κ1) is 21.9. The molecule has 0 unspecified atom stereocenters. The third kappa shape index (κ3) is 3.62. The molecule has 0 spiro atoms. The zero-order valence-corrected chi connectivity index (χ0v) is 19.6. The standard InChI is InChI=1S/C28H23NO5S/c30-22(23-7-4-12-35-23)15-34-28(33)17-8-10-19(11-9-17)29-26(31)24-18-13-20(16-5-2-1-3-6-16)21(14-18)25(24)27(29)32/h1-12,18,20-21,24-25H,13-15H2/t18-,20-,21+,24+,25+/m0/s1. The number of ketones is 1. The molecule has 35 heavy (non-hydrogen) atoms. The van der Waals surface area contributed by atoms with Gasteiger partial charge in [-0.2, -0.15) is 0 Å². The van der Waals surface area contributed by atoms with Crippen LogP contribution >= 0.6 is 11.3 Å². The van der Waals surface area contributed by atoms with Gasteiger partial charge in [0.1, 0.15) is 0 Å². The fraction of sp³-hybridized carbons (Fsp3) is 0.286. The molecule has 0 N–H and O–H groups in total. The summed E-state index contributed by atoms with van der Waals surface area (Å²) in [6.07, 6.45) is 1.87. The molecule has 3 aliphatic rings. The SMILES string of the molecule is O=C(OCC(=O)c1cccs1)c1ccc(N2C(=O)[C@@H]3[C@@H]4C[C@@H]([C@H]3C2=O)[C@H](c2ccccc2)C4)cc1. The molecule has 1 aromatic heterocycles. The van der Waals surface area contributed by atoms with E-state index < -0.39 is 5.97 Å². The van der Waals surface area contributed by atoms with Crippen molar-refractivity contribution in [2.45, 2.75) is 18.8 Å². The van der Waals surface area contributed by atoms with Gasteiger partial charge in [-0.05, 0) is 71.9 Å². The minimum absolute atomic E-state index is 0.129. The summed E-state index contributed by atoms with van der Waals surface area (Å²) < 4.78 is 5.14. The molecule has 6 rings (SSSR count). The Morgan fingerprint density at radius 2 is 1.63 bits per heavy atom. The molecule has 2 amide bonds. The molecule has 1 aliphatic heterocycles. The zero-order chi connectivity index (χ0) is 24.1. The summed E-state index contributed by atoms with van der Waals surface area (Å²) in [5.41, 5.74) is 1.98. The molecule has 5 atom stereocenters. The molecule has 176 valence electrons. The summed E-state index contributed by atoms with van der Waals surface area (Å²) in [7, 11) is 0. The smallest absolute Gasteiger partial charge is 0.338 e. The van der Waals surface area contributed by atoms with Gasteiger partial charge in [0.15, 0.2) is 6.61 Å². The number of nitrogens with zero attached hydrogens (tertiary/aromatic N) is 1. The fourth-order valence-electron chi connectivity index (χ4n) is 6.27. The van der Waals surface area contributed by atoms with Gasteiger partial charge in [0, 0.05) is 0 Å². The average molecular weight is 486 g/mol. The first-order valence-corrected chi connectivity index (χ1v) is 12.7. The molecular formula is C28H23NO5S. The van der Waals surface area contributed by atoms with Crippen LogP contribution in [0.1, 0.15) is 44.4 Å². The highest BCUT2D eigenvalue weighted by molar-refractivity contribution is 7.12. The molecule has 3 aromatic rings. The summed E-state index contributed by atoms with van der Waals surface area (Å²) in [4.78, 5) is 53.1. The van der Waals surface area contributed by atoms with Gasteiger partial charge in [-0.15, -0.1) is 11.3 Å². The summed E-state index contributed by atoms with van der Waals surface area (Å²) >= 11 is 1.30. The van der Waals surface area contributed by atoms with Crippen LogP contribution < -0.4 is 4.90 Å². The number of hydrogen-bond acceptors (Lipinski definition) is 6. The monoisotopic (exact) mass is 485 g/mol. The van der Waals surface area contributed by atoms with Gasteiger partial charge in [0.25, 0.3) is 0 Å². The molecule has 2 heterocycles. The quantitative estimate of drug-likeness (QED) is 0.287. The predicted molar refractivity (Wildman–Crippen MR) is 130 cm³/mol. The Balaban J connectivity index is 1.16. The van der Waals surface area contributed by atoms with Gasteiger partial charge in [-0.25, -0.2) is 4.79 Å². The van der Waals surface area contributed by atoms with Gasteiger partial charge in [0.2, 0.25) is 17.6 Å². The van der Waals surface area contributed by atoms with Crippen LogP contribution in [-0.2, 0) is 14.3 Å². The van der Waals surface area contributed by atoms with E-state index in [0.29, 0.717) is 16.5 Å². The number of ether oxygens (including phenoxy) is 1. The van der Waals surface area contributed by atoms with E-state index in [1.165, 1.54) is 33.9 Å². The van der Waals surface area contributed by atoms with Gasteiger partial charge in [0.05, 0.1) is 28.0 Å². The number of rotatable bonds is 6. The highest BCUT2D eigenvalue weighted by Crippen LogP contribution is 2.61. The third-order valence-corrected chi connectivity index (χ3v) is 8.65. The van der Waals surface area contributed by atoms with Crippen molar-refractivity contribution >= 4 is 40.6 Å². The van der Waals surface area contributed by atoms with Crippen LogP contribution in [0, 0.1) is 23.7 Å². The van der Waals surface area contributed by atoms with E-state index >= 15 is 0 Å². The number of fused-ring (bicyclic) bond motifs is 5. The third-order valence-electron chi connectivity index (χ3n) is 7.73. The number of esters is 1. The fourth-order valence-corrected chi connectivity index (χ4v) is 6.92. The van der Waals surface area contributed by atoms with E-state index in [9.17, 15) is 19.2 Å². The Morgan fingerprint density at radius 1 is 0.886 bits per heavy atom. The highest BCUT2D eigenvalue weighted by Gasteiger charge is 2.64. The van der Waals surface area contributed by atoms with Crippen molar-refractivity contribution in [3.8, 4) is 0 Å². The number of amides is 2. The molecule has 2 aromatic carbocycles. The van der Waals surface area contributed by atoms with E-state index in [-0.39, 0.29) is 53.4 Å². The molecule has 2 bridgehead atoms. The van der Waals surface area contributed by atoms with Crippen LogP contribution in [0.15, 0.2) is 72.1 Å². The molecule has 6 nitrogen and oxygen atoms in total. The molecule has 7 heteroatoms. The average Bonchev–Trinajstić information content (AvgIpc) is 3.67. The van der Waals surface area contributed by atoms with Crippen LogP contribution in [0.4, 0.5) is 5.69 Å². The predicted octanol–water partition coefficient (Wildman–Crippen LogP) is 4.72. The molecular weight excluding hydrogens is 462 g/mol. The first-order chi connectivity index (χ1) is 17.0. The van der Waals surface area contributed by atoms with Crippen molar-refractivity contribution in [3.63, 3.8) is 0 Å². The maximum atomic E-state index is 13.5. The summed E-state index contributed by atoms with van der Waals surface area (Å²) in [6, 6.07) is 20.0. The number of benzene rings is 2. The summed E-state index contributed by atoms with van der Waals surface area (Å²) in [5, 5.41) is 1.79. The van der Waals surface area contributed by atoms with Gasteiger partial charge < -0.3 is 4.74 Å². The van der Waals surface area contributed by atoms with E-state index in [4.69, 9.17) is 4.74 Å². The Hall–Kier alpha value is -3.58. The van der Waals surface area contributed by atoms with Crippen molar-refractivity contribution in [2.75, 3.05) is 11.5 Å². The number of imide groups is 1. The van der Waals surface area contributed by atoms with Crippen LogP contribution in [0.3, 0.4) is 0 Å². The van der Waals surface area contributed by atoms with Crippen molar-refractivity contribution in [2.24, 2.45) is 23.7 Å². The molecule has 2 saturated carbocycles. The normalized spacial score (nSPS) is 26.7. The molecule has 0 radical (unpaired) electrons. The number of anilines is 1.